The largest absolute Gasteiger partial charge is 0.339 e. The van der Waals surface area contributed by atoms with Crippen LogP contribution in [0.1, 0.15) is 39.6 Å². The number of carbonyl (C=O) groups is 3. The first-order valence-corrected chi connectivity index (χ1v) is 9.76. The molecule has 1 aliphatic rings. The molecule has 2 aromatic rings. The summed E-state index contributed by atoms with van der Waals surface area (Å²) >= 11 is 9.48. The van der Waals surface area contributed by atoms with Crippen molar-refractivity contribution >= 4 is 45.3 Å². The van der Waals surface area contributed by atoms with Crippen LogP contribution in [-0.4, -0.2) is 40.6 Å². The van der Waals surface area contributed by atoms with Gasteiger partial charge in [-0.2, -0.15) is 0 Å². The minimum absolute atomic E-state index is 0.0574. The molecule has 1 heterocycles. The Morgan fingerprint density at radius 2 is 1.81 bits per heavy atom. The van der Waals surface area contributed by atoms with Gasteiger partial charge in [-0.15, -0.1) is 0 Å². The van der Waals surface area contributed by atoms with Crippen LogP contribution in [0, 0.1) is 0 Å². The number of rotatable bonds is 6. The van der Waals surface area contributed by atoms with E-state index in [0.717, 1.165) is 14.9 Å². The molecule has 1 aliphatic heterocycles. The zero-order valence-electron chi connectivity index (χ0n) is 14.7. The lowest BCUT2D eigenvalue weighted by Gasteiger charge is -2.23. The maximum atomic E-state index is 12.6. The Balaban J connectivity index is 1.65. The summed E-state index contributed by atoms with van der Waals surface area (Å²) in [5.74, 6) is -0.849. The lowest BCUT2D eigenvalue weighted by molar-refractivity contribution is -0.131. The summed E-state index contributed by atoms with van der Waals surface area (Å²) in [7, 11) is 0. The Morgan fingerprint density at radius 3 is 2.52 bits per heavy atom. The van der Waals surface area contributed by atoms with Crippen molar-refractivity contribution in [3.8, 4) is 0 Å². The summed E-state index contributed by atoms with van der Waals surface area (Å²) in [6.45, 7) is 2.85. The molecule has 0 saturated carbocycles. The van der Waals surface area contributed by atoms with E-state index in [4.69, 9.17) is 11.6 Å². The molecule has 140 valence electrons. The number of amides is 3. The lowest BCUT2D eigenvalue weighted by Crippen LogP contribution is -2.36. The van der Waals surface area contributed by atoms with Gasteiger partial charge in [0.2, 0.25) is 5.91 Å². The van der Waals surface area contributed by atoms with Gasteiger partial charge in [0.05, 0.1) is 11.1 Å². The fourth-order valence-corrected chi connectivity index (χ4v) is 3.60. The Labute approximate surface area is 171 Å². The van der Waals surface area contributed by atoms with Crippen LogP contribution in [0.5, 0.6) is 0 Å². The molecular weight excluding hydrogens is 432 g/mol. The molecule has 0 aromatic heterocycles. The third-order valence-corrected chi connectivity index (χ3v) is 5.40. The molecule has 0 bridgehead atoms. The van der Waals surface area contributed by atoms with Crippen molar-refractivity contribution < 1.29 is 14.4 Å². The second-order valence-corrected chi connectivity index (χ2v) is 7.52. The minimum Gasteiger partial charge on any atom is -0.339 e. The second-order valence-electron chi connectivity index (χ2n) is 6.20. The third-order valence-electron chi connectivity index (χ3n) is 4.54. The van der Waals surface area contributed by atoms with E-state index in [1.54, 1.807) is 29.2 Å². The highest BCUT2D eigenvalue weighted by Gasteiger charge is 2.35. The van der Waals surface area contributed by atoms with Crippen LogP contribution in [0.25, 0.3) is 0 Å². The van der Waals surface area contributed by atoms with Gasteiger partial charge < -0.3 is 4.90 Å². The van der Waals surface area contributed by atoms with Gasteiger partial charge in [-0.25, -0.2) is 0 Å². The summed E-state index contributed by atoms with van der Waals surface area (Å²) in [6, 6.07) is 12.3. The second kappa shape index (κ2) is 8.23. The van der Waals surface area contributed by atoms with Crippen LogP contribution in [0.15, 0.2) is 46.9 Å². The molecule has 2 aromatic carbocycles. The number of benzene rings is 2. The monoisotopic (exact) mass is 448 g/mol. The molecule has 0 fully saturated rings. The number of nitrogens with zero attached hydrogens (tertiary/aromatic N) is 2. The minimum atomic E-state index is -0.363. The van der Waals surface area contributed by atoms with E-state index < -0.39 is 0 Å². The zero-order chi connectivity index (χ0) is 19.6. The molecular formula is C20H18BrClN2O3. The summed E-state index contributed by atoms with van der Waals surface area (Å²) in [5.41, 5.74) is 1.60. The molecule has 0 aliphatic carbocycles. The maximum Gasteiger partial charge on any atom is 0.261 e. The van der Waals surface area contributed by atoms with E-state index in [1.165, 1.54) is 0 Å². The van der Waals surface area contributed by atoms with Gasteiger partial charge in [0.1, 0.15) is 0 Å². The zero-order valence-corrected chi connectivity index (χ0v) is 17.1. The van der Waals surface area contributed by atoms with Gasteiger partial charge in [0.15, 0.2) is 0 Å². The smallest absolute Gasteiger partial charge is 0.261 e. The number of hydrogen-bond donors (Lipinski definition) is 0. The number of hydrogen-bond acceptors (Lipinski definition) is 3. The number of halogens is 2. The maximum absolute atomic E-state index is 12.6. The van der Waals surface area contributed by atoms with E-state index in [-0.39, 0.29) is 30.7 Å². The summed E-state index contributed by atoms with van der Waals surface area (Å²) in [4.78, 5) is 40.4. The van der Waals surface area contributed by atoms with Crippen molar-refractivity contribution in [3.05, 3.63) is 68.7 Å². The first-order chi connectivity index (χ1) is 12.9. The third kappa shape index (κ3) is 4.06. The molecule has 5 nitrogen and oxygen atoms in total. The molecule has 0 unspecified atom stereocenters. The predicted octanol–water partition coefficient (Wildman–Crippen LogP) is 4.14. The first kappa shape index (κ1) is 19.6. The highest BCUT2D eigenvalue weighted by Crippen LogP contribution is 2.26. The normalized spacial score (nSPS) is 13.1. The van der Waals surface area contributed by atoms with Crippen LogP contribution in [-0.2, 0) is 11.3 Å². The van der Waals surface area contributed by atoms with Crippen molar-refractivity contribution in [2.45, 2.75) is 19.9 Å². The average molecular weight is 450 g/mol. The fraction of sp³-hybridized carbons (Fsp3) is 0.250. The van der Waals surface area contributed by atoms with Gasteiger partial charge >= 0.3 is 0 Å². The Hall–Kier alpha value is -2.18. The number of fused-ring (bicyclic) bond motifs is 1. The topological polar surface area (TPSA) is 57.7 Å². The quantitative estimate of drug-likeness (QED) is 0.623. The summed E-state index contributed by atoms with van der Waals surface area (Å²) in [6.07, 6.45) is 0.0743. The Kier molecular flexibility index (Phi) is 5.97. The van der Waals surface area contributed by atoms with Crippen LogP contribution in [0.4, 0.5) is 0 Å². The van der Waals surface area contributed by atoms with Crippen molar-refractivity contribution in [3.63, 3.8) is 0 Å². The Morgan fingerprint density at radius 1 is 1.11 bits per heavy atom. The van der Waals surface area contributed by atoms with E-state index in [9.17, 15) is 14.4 Å². The van der Waals surface area contributed by atoms with Gasteiger partial charge in [0.25, 0.3) is 11.8 Å². The highest BCUT2D eigenvalue weighted by atomic mass is 79.9. The van der Waals surface area contributed by atoms with E-state index in [1.807, 2.05) is 25.1 Å². The number of carbonyl (C=O) groups excluding carboxylic acids is 3. The van der Waals surface area contributed by atoms with Crippen molar-refractivity contribution in [1.29, 1.82) is 0 Å². The van der Waals surface area contributed by atoms with E-state index >= 15 is 0 Å². The molecule has 0 atom stereocenters. The van der Waals surface area contributed by atoms with E-state index in [0.29, 0.717) is 29.2 Å². The SMILES string of the molecule is CCN(Cc1ccccc1Cl)C(=O)CCN1C(=O)c2ccc(Br)cc2C1=O. The van der Waals surface area contributed by atoms with Gasteiger partial charge in [-0.3, -0.25) is 19.3 Å². The molecule has 0 spiro atoms. The Bertz CT molecular complexity index is 916. The molecule has 0 saturated heterocycles. The standard InChI is InChI=1S/C20H18BrClN2O3/c1-2-23(12-13-5-3-4-6-17(13)22)18(25)9-10-24-19(26)15-8-7-14(21)11-16(15)20(24)27/h3-8,11H,2,9-10,12H2,1H3. The molecule has 3 amide bonds. The van der Waals surface area contributed by atoms with Crippen LogP contribution in [0.2, 0.25) is 5.02 Å². The lowest BCUT2D eigenvalue weighted by atomic mass is 10.1. The van der Waals surface area contributed by atoms with Crippen LogP contribution < -0.4 is 0 Å². The average Bonchev–Trinajstić information content (AvgIpc) is 2.89. The van der Waals surface area contributed by atoms with Crippen LogP contribution in [0.3, 0.4) is 0 Å². The van der Waals surface area contributed by atoms with Crippen molar-refractivity contribution in [1.82, 2.24) is 9.80 Å². The fourth-order valence-electron chi connectivity index (χ4n) is 3.04. The molecule has 0 radical (unpaired) electrons. The van der Waals surface area contributed by atoms with Gasteiger partial charge in [-0.1, -0.05) is 45.7 Å². The predicted molar refractivity (Wildman–Crippen MR) is 107 cm³/mol. The van der Waals surface area contributed by atoms with Crippen molar-refractivity contribution in [2.75, 3.05) is 13.1 Å². The van der Waals surface area contributed by atoms with Crippen LogP contribution >= 0.6 is 27.5 Å². The van der Waals surface area contributed by atoms with Gasteiger partial charge in [-0.05, 0) is 36.8 Å². The summed E-state index contributed by atoms with van der Waals surface area (Å²) < 4.78 is 0.734. The molecule has 0 N–H and O–H groups in total. The van der Waals surface area contributed by atoms with Gasteiger partial charge in [0, 0.05) is 35.6 Å². The number of imide groups is 1. The first-order valence-electron chi connectivity index (χ1n) is 8.59. The summed E-state index contributed by atoms with van der Waals surface area (Å²) in [5, 5.41) is 0.606. The molecule has 27 heavy (non-hydrogen) atoms. The molecule has 7 heteroatoms. The van der Waals surface area contributed by atoms with Crippen molar-refractivity contribution in [2.24, 2.45) is 0 Å². The highest BCUT2D eigenvalue weighted by molar-refractivity contribution is 9.10. The molecule has 3 rings (SSSR count). The van der Waals surface area contributed by atoms with E-state index in [2.05, 4.69) is 15.9 Å².